The number of hydrogen-bond acceptors (Lipinski definition) is 1. The summed E-state index contributed by atoms with van der Waals surface area (Å²) in [4.78, 5) is 3.32. The lowest BCUT2D eigenvalue weighted by atomic mass is 10.2. The molecule has 0 unspecified atom stereocenters. The van der Waals surface area contributed by atoms with Crippen molar-refractivity contribution in [3.63, 3.8) is 0 Å². The van der Waals surface area contributed by atoms with Crippen LogP contribution in [0, 0.1) is 0 Å². The van der Waals surface area contributed by atoms with Gasteiger partial charge in [-0.25, -0.2) is 0 Å². The third-order valence-corrected chi connectivity index (χ3v) is 4.13. The fraction of sp³-hybridized carbons (Fsp3) is 0.333. The van der Waals surface area contributed by atoms with E-state index in [4.69, 9.17) is 0 Å². The minimum atomic E-state index is 0.683. The average Bonchev–Trinajstić information content (AvgIpc) is 2.59. The van der Waals surface area contributed by atoms with Crippen molar-refractivity contribution in [2.45, 2.75) is 24.9 Å². The normalized spacial score (nSPS) is 11.5. The van der Waals surface area contributed by atoms with Crippen LogP contribution in [0.2, 0.25) is 0 Å². The second kappa shape index (κ2) is 4.62. The Morgan fingerprint density at radius 3 is 2.93 bits per heavy atom. The van der Waals surface area contributed by atoms with Crippen molar-refractivity contribution in [3.8, 4) is 0 Å². The maximum absolute atomic E-state index is 3.55. The molecule has 0 spiro atoms. The first-order valence-corrected chi connectivity index (χ1v) is 6.88. The number of fused-ring (bicyclic) bond motifs is 1. The molecule has 0 atom stereocenters. The van der Waals surface area contributed by atoms with Gasteiger partial charge in [0.2, 0.25) is 0 Å². The molecule has 0 saturated heterocycles. The van der Waals surface area contributed by atoms with Crippen LogP contribution in [0.3, 0.4) is 0 Å². The lowest BCUT2D eigenvalue weighted by Crippen LogP contribution is -1.87. The Hall–Kier alpha value is -0.410. The Kier molecular flexibility index (Phi) is 3.42. The Morgan fingerprint density at radius 2 is 2.20 bits per heavy atom. The van der Waals surface area contributed by atoms with Crippen molar-refractivity contribution < 1.29 is 0 Å². The molecule has 1 N–H and O–H groups in total. The molecule has 1 aromatic heterocycles. The van der Waals surface area contributed by atoms with Gasteiger partial charge in [-0.3, -0.25) is 0 Å². The van der Waals surface area contributed by atoms with Crippen molar-refractivity contribution in [1.82, 2.24) is 4.98 Å². The van der Waals surface area contributed by atoms with Gasteiger partial charge in [0.15, 0.2) is 0 Å². The lowest BCUT2D eigenvalue weighted by Gasteiger charge is -2.03. The monoisotopic (exact) mass is 283 g/mol. The molecule has 1 heterocycles. The van der Waals surface area contributed by atoms with Gasteiger partial charge in [0.05, 0.1) is 5.52 Å². The fourth-order valence-electron chi connectivity index (χ4n) is 1.55. The van der Waals surface area contributed by atoms with Gasteiger partial charge in [0.25, 0.3) is 0 Å². The van der Waals surface area contributed by atoms with E-state index in [1.54, 1.807) is 0 Å². The molecule has 0 saturated carbocycles. The van der Waals surface area contributed by atoms with Crippen molar-refractivity contribution in [3.05, 3.63) is 34.4 Å². The maximum Gasteiger partial charge on any atom is 0.0601 e. The molecule has 1 nitrogen and oxygen atoms in total. The molecular formula is C12H14BrNS. The SMILES string of the molecule is CC(C)SCc1c[nH]c2c(Br)cccc12. The second-order valence-electron chi connectivity index (χ2n) is 3.84. The van der Waals surface area contributed by atoms with E-state index < -0.39 is 0 Å². The van der Waals surface area contributed by atoms with Crippen LogP contribution in [-0.4, -0.2) is 10.2 Å². The van der Waals surface area contributed by atoms with E-state index in [0.29, 0.717) is 5.25 Å². The zero-order valence-corrected chi connectivity index (χ0v) is 11.3. The number of nitrogens with one attached hydrogen (secondary N) is 1. The molecule has 0 aliphatic heterocycles. The average molecular weight is 284 g/mol. The number of aromatic nitrogens is 1. The van der Waals surface area contributed by atoms with E-state index in [-0.39, 0.29) is 0 Å². The van der Waals surface area contributed by atoms with Crippen LogP contribution in [0.15, 0.2) is 28.9 Å². The van der Waals surface area contributed by atoms with Crippen LogP contribution >= 0.6 is 27.7 Å². The van der Waals surface area contributed by atoms with Crippen LogP contribution in [-0.2, 0) is 5.75 Å². The molecule has 0 amide bonds. The van der Waals surface area contributed by atoms with Gasteiger partial charge in [-0.1, -0.05) is 26.0 Å². The Morgan fingerprint density at radius 1 is 1.40 bits per heavy atom. The number of aromatic amines is 1. The number of H-pyrrole nitrogens is 1. The summed E-state index contributed by atoms with van der Waals surface area (Å²) in [5.41, 5.74) is 2.60. The molecule has 0 bridgehead atoms. The predicted octanol–water partition coefficient (Wildman–Crippen LogP) is 4.57. The number of hydrogen-bond donors (Lipinski definition) is 1. The van der Waals surface area contributed by atoms with E-state index in [1.807, 2.05) is 11.8 Å². The van der Waals surface area contributed by atoms with Gasteiger partial charge < -0.3 is 4.98 Å². The van der Waals surface area contributed by atoms with E-state index in [2.05, 4.69) is 59.2 Å². The Balaban J connectivity index is 2.33. The number of benzene rings is 1. The van der Waals surface area contributed by atoms with Crippen molar-refractivity contribution in [2.24, 2.45) is 0 Å². The van der Waals surface area contributed by atoms with Crippen molar-refractivity contribution >= 4 is 38.6 Å². The van der Waals surface area contributed by atoms with E-state index in [9.17, 15) is 0 Å². The minimum absolute atomic E-state index is 0.683. The number of thioether (sulfide) groups is 1. The quantitative estimate of drug-likeness (QED) is 0.872. The smallest absolute Gasteiger partial charge is 0.0601 e. The number of halogens is 1. The highest BCUT2D eigenvalue weighted by atomic mass is 79.9. The zero-order valence-electron chi connectivity index (χ0n) is 8.88. The molecule has 2 aromatic rings. The lowest BCUT2D eigenvalue weighted by molar-refractivity contribution is 1.11. The Labute approximate surface area is 103 Å². The first-order chi connectivity index (χ1) is 7.18. The van der Waals surface area contributed by atoms with Gasteiger partial charge in [0, 0.05) is 21.8 Å². The highest BCUT2D eigenvalue weighted by molar-refractivity contribution is 9.10. The summed E-state index contributed by atoms with van der Waals surface area (Å²) in [5, 5.41) is 2.01. The third-order valence-electron chi connectivity index (χ3n) is 2.32. The molecule has 3 heteroatoms. The second-order valence-corrected chi connectivity index (χ2v) is 6.26. The minimum Gasteiger partial charge on any atom is -0.360 e. The molecule has 2 rings (SSSR count). The molecule has 0 fully saturated rings. The molecule has 0 radical (unpaired) electrons. The third kappa shape index (κ3) is 2.40. The predicted molar refractivity (Wildman–Crippen MR) is 72.4 cm³/mol. The van der Waals surface area contributed by atoms with Crippen molar-refractivity contribution in [1.29, 1.82) is 0 Å². The first-order valence-electron chi connectivity index (χ1n) is 5.04. The largest absolute Gasteiger partial charge is 0.360 e. The highest BCUT2D eigenvalue weighted by Gasteiger charge is 2.06. The summed E-state index contributed by atoms with van der Waals surface area (Å²) in [7, 11) is 0. The van der Waals surface area contributed by atoms with E-state index >= 15 is 0 Å². The van der Waals surface area contributed by atoms with Gasteiger partial charge in [0.1, 0.15) is 0 Å². The molecule has 0 aliphatic carbocycles. The van der Waals surface area contributed by atoms with Crippen LogP contribution in [0.5, 0.6) is 0 Å². The molecule has 1 aromatic carbocycles. The van der Waals surface area contributed by atoms with Crippen LogP contribution in [0.25, 0.3) is 10.9 Å². The molecular weight excluding hydrogens is 270 g/mol. The summed E-state index contributed by atoms with van der Waals surface area (Å²) in [6.45, 7) is 4.46. The topological polar surface area (TPSA) is 15.8 Å². The zero-order chi connectivity index (χ0) is 10.8. The van der Waals surface area contributed by atoms with E-state index in [1.165, 1.54) is 16.5 Å². The summed E-state index contributed by atoms with van der Waals surface area (Å²) in [6, 6.07) is 6.33. The van der Waals surface area contributed by atoms with Gasteiger partial charge in [-0.15, -0.1) is 0 Å². The van der Waals surface area contributed by atoms with Gasteiger partial charge in [-0.05, 0) is 32.8 Å². The number of rotatable bonds is 3. The first kappa shape index (κ1) is 11.1. The fourth-order valence-corrected chi connectivity index (χ4v) is 2.78. The number of para-hydroxylation sites is 1. The molecule has 80 valence electrons. The van der Waals surface area contributed by atoms with Crippen LogP contribution < -0.4 is 0 Å². The van der Waals surface area contributed by atoms with Gasteiger partial charge >= 0.3 is 0 Å². The summed E-state index contributed by atoms with van der Waals surface area (Å²) in [5.74, 6) is 1.08. The maximum atomic E-state index is 3.55. The Bertz CT molecular complexity index is 462. The molecule has 15 heavy (non-hydrogen) atoms. The molecule has 0 aliphatic rings. The standard InChI is InChI=1S/C12H14BrNS/c1-8(2)15-7-9-6-14-12-10(9)4-3-5-11(12)13/h3-6,8,14H,7H2,1-2H3. The summed E-state index contributed by atoms with van der Waals surface area (Å²) < 4.78 is 1.14. The van der Waals surface area contributed by atoms with Gasteiger partial charge in [-0.2, -0.15) is 11.8 Å². The summed E-state index contributed by atoms with van der Waals surface area (Å²) >= 11 is 5.53. The van der Waals surface area contributed by atoms with Crippen LogP contribution in [0.1, 0.15) is 19.4 Å². The summed E-state index contributed by atoms with van der Waals surface area (Å²) in [6.07, 6.45) is 2.12. The van der Waals surface area contributed by atoms with Crippen molar-refractivity contribution in [2.75, 3.05) is 0 Å². The van der Waals surface area contributed by atoms with E-state index in [0.717, 1.165) is 10.2 Å². The van der Waals surface area contributed by atoms with Crippen LogP contribution in [0.4, 0.5) is 0 Å². The highest BCUT2D eigenvalue weighted by Crippen LogP contribution is 2.28.